The van der Waals surface area contributed by atoms with E-state index in [1.54, 1.807) is 6.92 Å². The third-order valence-electron chi connectivity index (χ3n) is 8.81. The van der Waals surface area contributed by atoms with Gasteiger partial charge in [0.15, 0.2) is 0 Å². The summed E-state index contributed by atoms with van der Waals surface area (Å²) in [6, 6.07) is 0. The lowest BCUT2D eigenvalue weighted by molar-refractivity contribution is -0.126. The van der Waals surface area contributed by atoms with E-state index in [4.69, 9.17) is 0 Å². The van der Waals surface area contributed by atoms with Crippen molar-refractivity contribution in [3.8, 4) is 0 Å². The Morgan fingerprint density at radius 2 is 1.83 bits per heavy atom. The number of aliphatic hydroxyl groups is 1. The van der Waals surface area contributed by atoms with Gasteiger partial charge in [-0.05, 0) is 94.8 Å². The molecule has 4 aliphatic rings. The van der Waals surface area contributed by atoms with E-state index in [-0.39, 0.29) is 11.3 Å². The summed E-state index contributed by atoms with van der Waals surface area (Å²) in [6.45, 7) is 10.7. The fraction of sp³-hybridized carbons (Fsp3) is 0.864. The minimum Gasteiger partial charge on any atom is -0.390 e. The second kappa shape index (κ2) is 5.43. The Balaban J connectivity index is 1.62. The van der Waals surface area contributed by atoms with Crippen LogP contribution in [0.1, 0.15) is 72.1 Å². The molecule has 0 saturated heterocycles. The summed E-state index contributed by atoms with van der Waals surface area (Å²) < 4.78 is 0. The second-order valence-corrected chi connectivity index (χ2v) is 10.0. The molecule has 2 heteroatoms. The summed E-state index contributed by atoms with van der Waals surface area (Å²) in [4.78, 5) is 12.2. The zero-order chi connectivity index (χ0) is 17.3. The third kappa shape index (κ3) is 2.28. The third-order valence-corrected chi connectivity index (χ3v) is 8.81. The van der Waals surface area contributed by atoms with Crippen LogP contribution in [-0.2, 0) is 4.79 Å². The summed E-state index contributed by atoms with van der Waals surface area (Å²) in [5.74, 6) is 4.29. The topological polar surface area (TPSA) is 37.3 Å². The van der Waals surface area contributed by atoms with E-state index in [0.29, 0.717) is 17.6 Å². The van der Waals surface area contributed by atoms with Crippen LogP contribution in [-0.4, -0.2) is 16.5 Å². The van der Waals surface area contributed by atoms with Gasteiger partial charge in [0, 0.05) is 11.3 Å². The minimum absolute atomic E-state index is 0.0556. The Bertz CT molecular complexity index is 562. The first-order chi connectivity index (χ1) is 11.2. The van der Waals surface area contributed by atoms with Crippen LogP contribution < -0.4 is 0 Å². The monoisotopic (exact) mass is 330 g/mol. The molecule has 0 aromatic heterocycles. The van der Waals surface area contributed by atoms with E-state index in [0.717, 1.165) is 43.4 Å². The van der Waals surface area contributed by atoms with Crippen LogP contribution in [0.25, 0.3) is 0 Å². The summed E-state index contributed by atoms with van der Waals surface area (Å²) in [5.41, 5.74) is 0.978. The van der Waals surface area contributed by atoms with Gasteiger partial charge in [-0.25, -0.2) is 0 Å². The Morgan fingerprint density at radius 3 is 2.54 bits per heavy atom. The molecule has 2 nitrogen and oxygen atoms in total. The quantitative estimate of drug-likeness (QED) is 0.704. The first-order valence-electron chi connectivity index (χ1n) is 10.1. The van der Waals surface area contributed by atoms with Gasteiger partial charge in [-0.15, -0.1) is 0 Å². The summed E-state index contributed by atoms with van der Waals surface area (Å²) in [5, 5.41) is 10.5. The molecular weight excluding hydrogens is 296 g/mol. The van der Waals surface area contributed by atoms with Gasteiger partial charge in [0.1, 0.15) is 5.78 Å². The summed E-state index contributed by atoms with van der Waals surface area (Å²) >= 11 is 0. The number of rotatable bonds is 1. The highest BCUT2D eigenvalue weighted by Crippen LogP contribution is 2.66. The van der Waals surface area contributed by atoms with Crippen molar-refractivity contribution in [2.75, 3.05) is 0 Å². The van der Waals surface area contributed by atoms with Gasteiger partial charge < -0.3 is 5.11 Å². The highest BCUT2D eigenvalue weighted by atomic mass is 16.3. The molecular formula is C22H34O2. The number of hydrogen-bond acceptors (Lipinski definition) is 2. The molecule has 4 rings (SSSR count). The van der Waals surface area contributed by atoms with E-state index >= 15 is 0 Å². The lowest BCUT2D eigenvalue weighted by Gasteiger charge is -2.57. The maximum atomic E-state index is 12.2. The molecule has 4 fully saturated rings. The van der Waals surface area contributed by atoms with Crippen LogP contribution in [0.5, 0.6) is 0 Å². The van der Waals surface area contributed by atoms with Crippen LogP contribution in [0.15, 0.2) is 12.2 Å². The van der Waals surface area contributed by atoms with Gasteiger partial charge in [-0.1, -0.05) is 19.1 Å². The highest BCUT2D eigenvalue weighted by molar-refractivity contribution is 5.80. The van der Waals surface area contributed by atoms with E-state index in [1.807, 2.05) is 6.92 Å². The molecule has 24 heavy (non-hydrogen) atoms. The molecule has 0 bridgehead atoms. The molecule has 0 aromatic rings. The van der Waals surface area contributed by atoms with Crippen LogP contribution in [0.2, 0.25) is 0 Å². The van der Waals surface area contributed by atoms with Crippen molar-refractivity contribution in [1.29, 1.82) is 0 Å². The number of hydrogen-bond donors (Lipinski definition) is 1. The lowest BCUT2D eigenvalue weighted by Crippen LogP contribution is -2.51. The molecule has 8 atom stereocenters. The number of Topliss-reactive ketones (excluding diaryl/α,β-unsaturated/α-hetero) is 1. The van der Waals surface area contributed by atoms with Gasteiger partial charge in [-0.3, -0.25) is 4.79 Å². The largest absolute Gasteiger partial charge is 0.390 e. The minimum atomic E-state index is -0.443. The number of allylic oxidation sites excluding steroid dienone is 1. The van der Waals surface area contributed by atoms with Crippen LogP contribution in [0.3, 0.4) is 0 Å². The number of fused-ring (bicyclic) bond motifs is 5. The zero-order valence-corrected chi connectivity index (χ0v) is 15.7. The van der Waals surface area contributed by atoms with Gasteiger partial charge in [0.05, 0.1) is 5.60 Å². The maximum absolute atomic E-state index is 12.2. The molecule has 0 spiro atoms. The number of ketones is 1. The molecule has 134 valence electrons. The molecule has 4 saturated carbocycles. The second-order valence-electron chi connectivity index (χ2n) is 10.0. The highest BCUT2D eigenvalue weighted by Gasteiger charge is 2.59. The molecule has 0 amide bonds. The molecule has 0 unspecified atom stereocenters. The molecule has 0 heterocycles. The first-order valence-corrected chi connectivity index (χ1v) is 10.1. The smallest absolute Gasteiger partial charge is 0.133 e. The van der Waals surface area contributed by atoms with Crippen molar-refractivity contribution in [3.63, 3.8) is 0 Å². The van der Waals surface area contributed by atoms with Crippen molar-refractivity contribution in [2.24, 2.45) is 40.9 Å². The number of carbonyl (C=O) groups is 1. The van der Waals surface area contributed by atoms with Crippen LogP contribution >= 0.6 is 0 Å². The predicted molar refractivity (Wildman–Crippen MR) is 96.4 cm³/mol. The Morgan fingerprint density at radius 1 is 1.08 bits per heavy atom. The summed E-state index contributed by atoms with van der Waals surface area (Å²) in [6.07, 6.45) is 9.15. The van der Waals surface area contributed by atoms with Crippen molar-refractivity contribution >= 4 is 5.78 Å². The van der Waals surface area contributed by atoms with E-state index in [1.165, 1.54) is 31.3 Å². The van der Waals surface area contributed by atoms with Gasteiger partial charge >= 0.3 is 0 Å². The molecule has 1 N–H and O–H groups in total. The van der Waals surface area contributed by atoms with Crippen LogP contribution in [0, 0.1) is 40.9 Å². The molecule has 4 aliphatic carbocycles. The standard InChI is InChI=1S/C22H34O2/c1-13-11-18-16-9-10-21(3,24)12-15(16)5-6-17(18)20-8-7-19(14(2)23)22(13,20)4/h15-20,24H,1,5-12H2,2-4H3/t15-,16+,17-,18-,19-,20+,21-,22-/m1/s1. The van der Waals surface area contributed by atoms with Crippen molar-refractivity contribution in [2.45, 2.75) is 77.7 Å². The fourth-order valence-electron chi connectivity index (χ4n) is 7.65. The van der Waals surface area contributed by atoms with E-state index in [2.05, 4.69) is 13.5 Å². The summed E-state index contributed by atoms with van der Waals surface area (Å²) in [7, 11) is 0. The van der Waals surface area contributed by atoms with Crippen molar-refractivity contribution < 1.29 is 9.90 Å². The van der Waals surface area contributed by atoms with Crippen LogP contribution in [0.4, 0.5) is 0 Å². The first kappa shape index (κ1) is 16.8. The predicted octanol–water partition coefficient (Wildman–Crippen LogP) is 4.76. The molecule has 0 aliphatic heterocycles. The fourth-order valence-corrected chi connectivity index (χ4v) is 7.65. The lowest BCUT2D eigenvalue weighted by atomic mass is 9.48. The van der Waals surface area contributed by atoms with Gasteiger partial charge in [-0.2, -0.15) is 0 Å². The zero-order valence-electron chi connectivity index (χ0n) is 15.7. The van der Waals surface area contributed by atoms with Crippen molar-refractivity contribution in [1.82, 2.24) is 0 Å². The van der Waals surface area contributed by atoms with Gasteiger partial charge in [0.25, 0.3) is 0 Å². The Kier molecular flexibility index (Phi) is 3.81. The average molecular weight is 331 g/mol. The van der Waals surface area contributed by atoms with Gasteiger partial charge in [0.2, 0.25) is 0 Å². The Hall–Kier alpha value is -0.630. The number of carbonyl (C=O) groups excluding carboxylic acids is 1. The van der Waals surface area contributed by atoms with E-state index in [9.17, 15) is 9.90 Å². The normalized spacial score (nSPS) is 53.9. The maximum Gasteiger partial charge on any atom is 0.133 e. The van der Waals surface area contributed by atoms with E-state index < -0.39 is 5.60 Å². The SMILES string of the molecule is C=C1C[C@H]2[C@@H](CC[C@@H]3C[C@](C)(O)CC[C@@H]32)[C@@H]2CC[C@H](C(C)=O)[C@@]12C. The van der Waals surface area contributed by atoms with Crippen molar-refractivity contribution in [3.05, 3.63) is 12.2 Å². The average Bonchev–Trinajstić information content (AvgIpc) is 2.85. The Labute approximate surface area is 147 Å². The molecule has 0 aromatic carbocycles. The molecule has 0 radical (unpaired) electrons.